The normalized spacial score (nSPS) is 8.00. The number of oxazole rings is 1. The highest BCUT2D eigenvalue weighted by molar-refractivity contribution is 7.08. The molecule has 18 rings (SSSR count). The van der Waals surface area contributed by atoms with Crippen LogP contribution in [-0.2, 0) is 0 Å². The minimum atomic E-state index is 1.26. The van der Waals surface area contributed by atoms with Crippen molar-refractivity contribution in [2.45, 2.75) is 0 Å². The van der Waals surface area contributed by atoms with Gasteiger partial charge in [0.1, 0.15) is 42.5 Å². The Hall–Kier alpha value is -13.3. The Morgan fingerprint density at radius 3 is 1.16 bits per heavy atom. The summed E-state index contributed by atoms with van der Waals surface area (Å²) in [5.41, 5.74) is 5.15. The fraction of sp³-hybridized carbons (Fsp3) is 0. The second kappa shape index (κ2) is 76.8. The molecule has 6 N–H and O–H groups in total. The van der Waals surface area contributed by atoms with Gasteiger partial charge in [0.25, 0.3) is 0 Å². The standard InChI is InChI=1S/C6H6.C5H5N.3C4H4N2.C4H5N.C4H4S.2C3H4N2.2C3H3NO.2C3H3NS.2C2H3N3.C2H2N2O.C2H2N2S.CH2N4/c2*1-2-4-6-5-3-1;1-2-6-4-3-5-1;1-2-5-4-6-3-1;1-2-4-6-5-3-1;2*1-2-4-5-3-1;1-2-5-3-4-1;1-2-4-5-3-1;1-2-5-3-4-1;1-2-4-5-3-1;1-2-5-3-4-1;1-2-4-5-3-1;1-3-2-5-4-1;1-2-4-5-3-1;2*1-3-4-2-5-1;1-2-4-5-3-1/h1-6H;1-5H;3*1-4H;1-5H;1-4H;2*1-3H,(H,4,5);4*1-3H;2*1-2H,(H,3,4,5);2*1-2H;1H,(H,2,3,4,5). The Kier molecular flexibility index (Phi) is 64.5. The summed E-state index contributed by atoms with van der Waals surface area (Å²) >= 11 is 6.27. The number of nitrogens with one attached hydrogen (secondary N) is 6. The van der Waals surface area contributed by atoms with E-state index in [4.69, 9.17) is 0 Å². The number of aromatic amines is 6. The summed E-state index contributed by atoms with van der Waals surface area (Å²) in [5, 5.41) is 65.6. The average Bonchev–Trinajstić information content (AvgIpc) is 4.50. The number of imidazole rings is 1. The molecule has 18 aromatic rings. The van der Waals surface area contributed by atoms with Crippen LogP contribution >= 0.6 is 45.5 Å². The first-order chi connectivity index (χ1) is 47.5. The Labute approximate surface area is 560 Å². The van der Waals surface area contributed by atoms with Crippen molar-refractivity contribution in [3.8, 4) is 0 Å². The Balaban J connectivity index is 0.000000503. The lowest BCUT2D eigenvalue weighted by Crippen LogP contribution is -1.69. The van der Waals surface area contributed by atoms with Crippen molar-refractivity contribution < 1.29 is 13.4 Å². The summed E-state index contributed by atoms with van der Waals surface area (Å²) in [7, 11) is 0. The molecule has 0 unspecified atom stereocenters. The largest absolute Gasteiger partial charge is 0.452 e. The van der Waals surface area contributed by atoms with Gasteiger partial charge in [0, 0.05) is 122 Å². The molecule has 1 aromatic carbocycles. The van der Waals surface area contributed by atoms with Gasteiger partial charge in [0.05, 0.1) is 36.6 Å². The molecule has 0 bridgehead atoms. The molecule has 0 fully saturated rings. The van der Waals surface area contributed by atoms with Gasteiger partial charge in [0.15, 0.2) is 12.7 Å². The molecule has 0 aliphatic carbocycles. The van der Waals surface area contributed by atoms with Crippen molar-refractivity contribution >= 4 is 45.5 Å². The first kappa shape index (κ1) is 79.8. The zero-order chi connectivity index (χ0) is 67.2. The molecule has 0 spiro atoms. The van der Waals surface area contributed by atoms with E-state index in [9.17, 15) is 0 Å². The molecular formula is C58H64N30O3S4. The topological polar surface area (TPSA) is 444 Å². The van der Waals surface area contributed by atoms with Crippen molar-refractivity contribution in [2.75, 3.05) is 0 Å². The van der Waals surface area contributed by atoms with Crippen molar-refractivity contribution in [3.63, 3.8) is 0 Å². The lowest BCUT2D eigenvalue weighted by Gasteiger charge is -1.70. The Morgan fingerprint density at radius 2 is 0.968 bits per heavy atom. The summed E-state index contributed by atoms with van der Waals surface area (Å²) in [6, 6.07) is 36.5. The third kappa shape index (κ3) is 74.9. The minimum absolute atomic E-state index is 1.26. The highest BCUT2D eigenvalue weighted by atomic mass is 32.1. The van der Waals surface area contributed by atoms with Crippen molar-refractivity contribution in [3.05, 3.63) is 353 Å². The summed E-state index contributed by atoms with van der Waals surface area (Å²) < 4.78 is 16.9. The van der Waals surface area contributed by atoms with Crippen LogP contribution in [0.25, 0.3) is 0 Å². The van der Waals surface area contributed by atoms with E-state index in [1.54, 1.807) is 182 Å². The molecule has 0 saturated heterocycles. The third-order valence-electron chi connectivity index (χ3n) is 7.29. The number of benzene rings is 1. The van der Waals surface area contributed by atoms with E-state index in [-0.39, 0.29) is 0 Å². The number of rotatable bonds is 0. The molecule has 17 heterocycles. The summed E-state index contributed by atoms with van der Waals surface area (Å²) in [4.78, 5) is 38.7. The molecule has 0 saturated carbocycles. The summed E-state index contributed by atoms with van der Waals surface area (Å²) in [6.45, 7) is 0. The van der Waals surface area contributed by atoms with Gasteiger partial charge in [-0.05, 0) is 83.0 Å². The van der Waals surface area contributed by atoms with Crippen LogP contribution in [0.4, 0.5) is 0 Å². The van der Waals surface area contributed by atoms with E-state index in [0.29, 0.717) is 0 Å². The van der Waals surface area contributed by atoms with E-state index in [0.717, 1.165) is 0 Å². The minimum Gasteiger partial charge on any atom is -0.452 e. The van der Waals surface area contributed by atoms with Crippen LogP contribution in [-0.4, -0.2) is 151 Å². The number of nitrogens with zero attached hydrogens (tertiary/aromatic N) is 24. The quantitative estimate of drug-likeness (QED) is 0.0821. The number of aromatic nitrogens is 30. The van der Waals surface area contributed by atoms with Crippen LogP contribution in [0.1, 0.15) is 0 Å². The number of H-pyrrole nitrogens is 6. The van der Waals surface area contributed by atoms with Gasteiger partial charge in [-0.15, -0.1) is 53.3 Å². The van der Waals surface area contributed by atoms with Crippen molar-refractivity contribution in [2.24, 2.45) is 0 Å². The van der Waals surface area contributed by atoms with Crippen molar-refractivity contribution in [1.82, 2.24) is 151 Å². The van der Waals surface area contributed by atoms with Gasteiger partial charge >= 0.3 is 0 Å². The smallest absolute Gasteiger partial charge is 0.203 e. The molecule has 0 amide bonds. The predicted octanol–water partition coefficient (Wildman–Crippen LogP) is 10.8. The fourth-order valence-electron chi connectivity index (χ4n) is 3.83. The highest BCUT2D eigenvalue weighted by Gasteiger charge is 1.67. The third-order valence-corrected chi connectivity index (χ3v) is 9.40. The maximum Gasteiger partial charge on any atom is 0.203 e. The first-order valence-electron chi connectivity index (χ1n) is 26.3. The van der Waals surface area contributed by atoms with E-state index in [1.807, 2.05) is 137 Å². The fourth-order valence-corrected chi connectivity index (χ4v) is 5.26. The van der Waals surface area contributed by atoms with Crippen LogP contribution in [0, 0.1) is 0 Å². The van der Waals surface area contributed by atoms with Gasteiger partial charge in [0.2, 0.25) is 12.8 Å². The summed E-state index contributed by atoms with van der Waals surface area (Å²) in [6.07, 6.45) is 51.6. The molecule has 488 valence electrons. The maximum atomic E-state index is 4.47. The number of pyridine rings is 1. The van der Waals surface area contributed by atoms with Gasteiger partial charge in [-0.3, -0.25) is 30.1 Å². The highest BCUT2D eigenvalue weighted by Crippen LogP contribution is 1.92. The molecule has 33 nitrogen and oxygen atoms in total. The number of hydrogen-bond donors (Lipinski definition) is 6. The van der Waals surface area contributed by atoms with Crippen LogP contribution in [0.15, 0.2) is 366 Å². The van der Waals surface area contributed by atoms with Crippen molar-refractivity contribution in [1.29, 1.82) is 0 Å². The predicted molar refractivity (Wildman–Crippen MR) is 357 cm³/mol. The molecule has 0 radical (unpaired) electrons. The Morgan fingerprint density at radius 1 is 0.284 bits per heavy atom. The first-order valence-corrected chi connectivity index (χ1v) is 30.0. The van der Waals surface area contributed by atoms with Gasteiger partial charge < -0.3 is 23.3 Å². The van der Waals surface area contributed by atoms with Gasteiger partial charge in [-0.25, -0.2) is 29.3 Å². The molecule has 17 aromatic heterocycles. The molecule has 0 atom stereocenters. The summed E-state index contributed by atoms with van der Waals surface area (Å²) in [5.74, 6) is 0. The molecule has 0 aliphatic heterocycles. The number of hydrogen-bond acceptors (Lipinski definition) is 31. The second-order valence-electron chi connectivity index (χ2n) is 13.8. The molecule has 37 heteroatoms. The van der Waals surface area contributed by atoms with E-state index < -0.39 is 0 Å². The maximum absolute atomic E-state index is 4.47. The lowest BCUT2D eigenvalue weighted by molar-refractivity contribution is 0.420. The number of thiazole rings is 1. The zero-order valence-electron chi connectivity index (χ0n) is 50.1. The van der Waals surface area contributed by atoms with Crippen LogP contribution in [0.2, 0.25) is 0 Å². The van der Waals surface area contributed by atoms with E-state index >= 15 is 0 Å². The Bertz CT molecular complexity index is 2480. The van der Waals surface area contributed by atoms with E-state index in [2.05, 4.69) is 165 Å². The SMILES string of the molecule is c1c[nH]cn1.c1cc[nH]c1.c1ccccc1.c1ccncc1.c1ccnnc1.c1ccsc1.c1cn[nH]c1.c1cn[nH]n1.c1cnccn1.c1cncnc1.c1cnoc1.c1cnsc1.c1cocn1.c1cscn1.c1nc[nH]n1.c1nn[nH]n1.c1nnco1.c1nncs1. The van der Waals surface area contributed by atoms with E-state index in [1.165, 1.54) is 79.9 Å². The van der Waals surface area contributed by atoms with Crippen LogP contribution in [0.5, 0.6) is 0 Å². The zero-order valence-corrected chi connectivity index (χ0v) is 53.3. The van der Waals surface area contributed by atoms with Gasteiger partial charge in [-0.1, -0.05) is 65.0 Å². The number of thiophene rings is 1. The molecule has 95 heavy (non-hydrogen) atoms. The van der Waals surface area contributed by atoms with Crippen LogP contribution in [0.3, 0.4) is 0 Å². The average molecular weight is 1360 g/mol. The van der Waals surface area contributed by atoms with Gasteiger partial charge in [-0.2, -0.15) is 52.4 Å². The molecular weight excluding hydrogens is 1290 g/mol. The monoisotopic (exact) mass is 1360 g/mol. The lowest BCUT2D eigenvalue weighted by atomic mass is 10.4. The molecule has 0 aliphatic rings. The second-order valence-corrected chi connectivity index (χ2v) is 16.8. The van der Waals surface area contributed by atoms with Crippen LogP contribution < -0.4 is 0 Å². The number of tetrazole rings is 1.